The molecule has 1 aromatic carbocycles. The van der Waals surface area contributed by atoms with Gasteiger partial charge >= 0.3 is 11.8 Å². The summed E-state index contributed by atoms with van der Waals surface area (Å²) in [5.74, 6) is -1.13. The van der Waals surface area contributed by atoms with E-state index in [1.165, 1.54) is 18.4 Å². The van der Waals surface area contributed by atoms with Crippen LogP contribution in [0.5, 0.6) is 0 Å². The van der Waals surface area contributed by atoms with Gasteiger partial charge in [-0.15, -0.1) is 0 Å². The van der Waals surface area contributed by atoms with E-state index < -0.39 is 11.8 Å². The summed E-state index contributed by atoms with van der Waals surface area (Å²) in [4.78, 5) is 23.7. The molecular weight excluding hydrogens is 276 g/mol. The first-order chi connectivity index (χ1) is 10.7. The maximum Gasteiger partial charge on any atom is 0.309 e. The lowest BCUT2D eigenvalue weighted by atomic mass is 9.97. The van der Waals surface area contributed by atoms with Crippen molar-refractivity contribution in [3.8, 4) is 0 Å². The fourth-order valence-electron chi connectivity index (χ4n) is 2.64. The number of allylic oxidation sites excluding steroid dienone is 1. The Labute approximate surface area is 132 Å². The topological polar surface area (TPSA) is 58.2 Å². The lowest BCUT2D eigenvalue weighted by Gasteiger charge is -2.15. The molecule has 0 aromatic heterocycles. The summed E-state index contributed by atoms with van der Waals surface area (Å²) in [5, 5.41) is 5.41. The van der Waals surface area contributed by atoms with Crippen molar-refractivity contribution in [3.05, 3.63) is 47.5 Å². The Kier molecular flexibility index (Phi) is 6.19. The third-order valence-corrected chi connectivity index (χ3v) is 3.97. The van der Waals surface area contributed by atoms with Gasteiger partial charge in [-0.2, -0.15) is 0 Å². The summed E-state index contributed by atoms with van der Waals surface area (Å²) in [6, 6.07) is 9.42. The lowest BCUT2D eigenvalue weighted by molar-refractivity contribution is -0.139. The Morgan fingerprint density at radius 3 is 2.59 bits per heavy atom. The van der Waals surface area contributed by atoms with Crippen molar-refractivity contribution >= 4 is 11.8 Å². The standard InChI is InChI=1S/C18H24N2O2/c1-14(16-10-6-3-7-11-16)20-18(22)17(21)19-13-12-15-8-4-2-5-9-15/h3,6-8,10-11,14H,2,4-5,9,12-13H2,1H3,(H,19,21)(H,20,22)/t14-/m0/s1. The monoisotopic (exact) mass is 300 g/mol. The summed E-state index contributed by atoms with van der Waals surface area (Å²) in [5.41, 5.74) is 2.38. The molecule has 1 aromatic rings. The van der Waals surface area contributed by atoms with Crippen molar-refractivity contribution < 1.29 is 9.59 Å². The molecule has 0 fully saturated rings. The predicted octanol–water partition coefficient (Wildman–Crippen LogP) is 2.87. The first kappa shape index (κ1) is 16.3. The molecule has 0 spiro atoms. The molecule has 22 heavy (non-hydrogen) atoms. The summed E-state index contributed by atoms with van der Waals surface area (Å²) in [6.07, 6.45) is 7.84. The van der Waals surface area contributed by atoms with Gasteiger partial charge in [-0.25, -0.2) is 0 Å². The van der Waals surface area contributed by atoms with E-state index >= 15 is 0 Å². The molecule has 118 valence electrons. The Hall–Kier alpha value is -2.10. The summed E-state index contributed by atoms with van der Waals surface area (Å²) in [6.45, 7) is 2.39. The minimum absolute atomic E-state index is 0.180. The number of carbonyl (C=O) groups is 2. The average Bonchev–Trinajstić information content (AvgIpc) is 2.56. The second-order valence-corrected chi connectivity index (χ2v) is 5.72. The molecule has 1 aliphatic rings. The van der Waals surface area contributed by atoms with Gasteiger partial charge in [0.15, 0.2) is 0 Å². The minimum Gasteiger partial charge on any atom is -0.348 e. The number of rotatable bonds is 5. The van der Waals surface area contributed by atoms with E-state index in [0.29, 0.717) is 6.54 Å². The zero-order valence-corrected chi connectivity index (χ0v) is 13.1. The second-order valence-electron chi connectivity index (χ2n) is 5.72. The van der Waals surface area contributed by atoms with Crippen LogP contribution in [0.3, 0.4) is 0 Å². The lowest BCUT2D eigenvalue weighted by Crippen LogP contribution is -2.41. The summed E-state index contributed by atoms with van der Waals surface area (Å²) in [7, 11) is 0. The first-order valence-corrected chi connectivity index (χ1v) is 7.98. The van der Waals surface area contributed by atoms with Crippen LogP contribution < -0.4 is 10.6 Å². The van der Waals surface area contributed by atoms with E-state index in [2.05, 4.69) is 16.7 Å². The summed E-state index contributed by atoms with van der Waals surface area (Å²) >= 11 is 0. The van der Waals surface area contributed by atoms with Crippen LogP contribution in [-0.2, 0) is 9.59 Å². The molecule has 1 atom stereocenters. The molecule has 0 bridgehead atoms. The van der Waals surface area contributed by atoms with Gasteiger partial charge in [0.05, 0.1) is 6.04 Å². The van der Waals surface area contributed by atoms with Gasteiger partial charge in [-0.3, -0.25) is 9.59 Å². The molecule has 0 unspecified atom stereocenters. The maximum atomic E-state index is 11.9. The van der Waals surface area contributed by atoms with Crippen LogP contribution >= 0.6 is 0 Å². The molecule has 2 amide bonds. The van der Waals surface area contributed by atoms with Gasteiger partial charge in [-0.05, 0) is 44.6 Å². The molecule has 0 saturated heterocycles. The average molecular weight is 300 g/mol. The molecule has 0 aliphatic heterocycles. The van der Waals surface area contributed by atoms with Crippen LogP contribution in [0.15, 0.2) is 42.0 Å². The number of carbonyl (C=O) groups excluding carboxylic acids is 2. The highest BCUT2D eigenvalue weighted by Gasteiger charge is 2.16. The van der Waals surface area contributed by atoms with Crippen LogP contribution in [-0.4, -0.2) is 18.4 Å². The molecule has 4 nitrogen and oxygen atoms in total. The van der Waals surface area contributed by atoms with Crippen LogP contribution in [0.25, 0.3) is 0 Å². The fourth-order valence-corrected chi connectivity index (χ4v) is 2.64. The van der Waals surface area contributed by atoms with E-state index in [9.17, 15) is 9.59 Å². The van der Waals surface area contributed by atoms with E-state index in [1.807, 2.05) is 37.3 Å². The number of amides is 2. The van der Waals surface area contributed by atoms with E-state index in [4.69, 9.17) is 0 Å². The maximum absolute atomic E-state index is 11.9. The van der Waals surface area contributed by atoms with Crippen LogP contribution in [0.2, 0.25) is 0 Å². The number of hydrogen-bond acceptors (Lipinski definition) is 2. The Bertz CT molecular complexity index is 537. The largest absolute Gasteiger partial charge is 0.348 e. The van der Waals surface area contributed by atoms with E-state index in [-0.39, 0.29) is 6.04 Å². The third-order valence-electron chi connectivity index (χ3n) is 3.97. The Morgan fingerprint density at radius 1 is 1.14 bits per heavy atom. The molecule has 0 radical (unpaired) electrons. The second kappa shape index (κ2) is 8.37. The van der Waals surface area contributed by atoms with Crippen LogP contribution in [0.1, 0.15) is 50.6 Å². The number of hydrogen-bond donors (Lipinski definition) is 2. The van der Waals surface area contributed by atoms with Gasteiger partial charge < -0.3 is 10.6 Å². The SMILES string of the molecule is C[C@H](NC(=O)C(=O)NCCC1=CCCCC1)c1ccccc1. The normalized spacial score (nSPS) is 15.6. The molecule has 0 heterocycles. The minimum atomic E-state index is -0.575. The smallest absolute Gasteiger partial charge is 0.309 e. The molecule has 2 N–H and O–H groups in total. The van der Waals surface area contributed by atoms with Crippen molar-refractivity contribution in [1.82, 2.24) is 10.6 Å². The molecule has 0 saturated carbocycles. The van der Waals surface area contributed by atoms with Gasteiger partial charge in [0, 0.05) is 6.54 Å². The first-order valence-electron chi connectivity index (χ1n) is 7.98. The van der Waals surface area contributed by atoms with Crippen molar-refractivity contribution in [2.75, 3.05) is 6.54 Å². The zero-order valence-electron chi connectivity index (χ0n) is 13.1. The van der Waals surface area contributed by atoms with Gasteiger partial charge in [-0.1, -0.05) is 42.0 Å². The fraction of sp³-hybridized carbons (Fsp3) is 0.444. The molecule has 1 aliphatic carbocycles. The van der Waals surface area contributed by atoms with Crippen molar-refractivity contribution in [3.63, 3.8) is 0 Å². The van der Waals surface area contributed by atoms with E-state index in [1.54, 1.807) is 0 Å². The highest BCUT2D eigenvalue weighted by atomic mass is 16.2. The Balaban J connectivity index is 1.72. The van der Waals surface area contributed by atoms with Gasteiger partial charge in [0.1, 0.15) is 0 Å². The Morgan fingerprint density at radius 2 is 1.91 bits per heavy atom. The highest BCUT2D eigenvalue weighted by Crippen LogP contribution is 2.19. The molecule has 4 heteroatoms. The zero-order chi connectivity index (χ0) is 15.8. The number of nitrogens with one attached hydrogen (secondary N) is 2. The van der Waals surface area contributed by atoms with Crippen molar-refractivity contribution in [2.24, 2.45) is 0 Å². The molecule has 2 rings (SSSR count). The van der Waals surface area contributed by atoms with Crippen molar-refractivity contribution in [2.45, 2.75) is 45.1 Å². The third kappa shape index (κ3) is 5.02. The van der Waals surface area contributed by atoms with Crippen molar-refractivity contribution in [1.29, 1.82) is 0 Å². The van der Waals surface area contributed by atoms with Gasteiger partial charge in [0.2, 0.25) is 0 Å². The number of benzene rings is 1. The van der Waals surface area contributed by atoms with Crippen LogP contribution in [0, 0.1) is 0 Å². The van der Waals surface area contributed by atoms with Crippen LogP contribution in [0.4, 0.5) is 0 Å². The van der Waals surface area contributed by atoms with Gasteiger partial charge in [0.25, 0.3) is 0 Å². The quantitative estimate of drug-likeness (QED) is 0.649. The molecular formula is C18H24N2O2. The predicted molar refractivity (Wildman–Crippen MR) is 87.2 cm³/mol. The summed E-state index contributed by atoms with van der Waals surface area (Å²) < 4.78 is 0. The highest BCUT2D eigenvalue weighted by molar-refractivity contribution is 6.35. The van der Waals surface area contributed by atoms with E-state index in [0.717, 1.165) is 24.8 Å².